The molecule has 25 heavy (non-hydrogen) atoms. The Labute approximate surface area is 155 Å². The number of hydrogen-bond donors (Lipinski definition) is 2. The van der Waals surface area contributed by atoms with Crippen molar-refractivity contribution in [1.29, 1.82) is 0 Å². The van der Waals surface area contributed by atoms with Gasteiger partial charge in [-0.15, -0.1) is 11.3 Å². The van der Waals surface area contributed by atoms with E-state index in [4.69, 9.17) is 11.6 Å². The molecule has 1 aromatic carbocycles. The van der Waals surface area contributed by atoms with Crippen LogP contribution in [0.1, 0.15) is 11.3 Å². The second kappa shape index (κ2) is 8.18. The predicted molar refractivity (Wildman–Crippen MR) is 102 cm³/mol. The fourth-order valence-corrected chi connectivity index (χ4v) is 3.21. The molecule has 2 heterocycles. The number of carbonyl (C=O) groups is 1. The molecule has 3 aromatic rings. The Morgan fingerprint density at radius 3 is 2.76 bits per heavy atom. The van der Waals surface area contributed by atoms with Crippen molar-refractivity contribution in [2.45, 2.75) is 20.0 Å². The van der Waals surface area contributed by atoms with Crippen molar-refractivity contribution < 1.29 is 4.79 Å². The summed E-state index contributed by atoms with van der Waals surface area (Å²) in [5, 5.41) is 13.0. The first-order chi connectivity index (χ1) is 12.1. The van der Waals surface area contributed by atoms with Gasteiger partial charge >= 0.3 is 6.03 Å². The summed E-state index contributed by atoms with van der Waals surface area (Å²) in [5.74, 6) is 0. The molecule has 130 valence electrons. The molecular weight excluding hydrogens is 356 g/mol. The normalized spacial score (nSPS) is 10.6. The molecule has 2 amide bonds. The van der Waals surface area contributed by atoms with Gasteiger partial charge in [-0.25, -0.2) is 4.79 Å². The molecule has 0 saturated carbocycles. The van der Waals surface area contributed by atoms with E-state index in [0.717, 1.165) is 21.8 Å². The van der Waals surface area contributed by atoms with E-state index in [1.54, 1.807) is 11.3 Å². The zero-order chi connectivity index (χ0) is 17.6. The fourth-order valence-electron chi connectivity index (χ4n) is 2.40. The number of urea groups is 1. The highest BCUT2D eigenvalue weighted by atomic mass is 35.5. The lowest BCUT2D eigenvalue weighted by Gasteiger charge is -2.09. The number of carbonyl (C=O) groups excluding carboxylic acids is 1. The summed E-state index contributed by atoms with van der Waals surface area (Å²) in [6.07, 6.45) is 0. The van der Waals surface area contributed by atoms with Gasteiger partial charge in [-0.1, -0.05) is 29.8 Å². The molecule has 7 heteroatoms. The zero-order valence-electron chi connectivity index (χ0n) is 13.8. The van der Waals surface area contributed by atoms with E-state index >= 15 is 0 Å². The molecule has 0 radical (unpaired) electrons. The van der Waals surface area contributed by atoms with Crippen LogP contribution in [0.2, 0.25) is 5.02 Å². The van der Waals surface area contributed by atoms with Crippen LogP contribution in [0.5, 0.6) is 0 Å². The lowest BCUT2D eigenvalue weighted by molar-refractivity contribution is 0.240. The Balaban J connectivity index is 1.44. The van der Waals surface area contributed by atoms with E-state index in [9.17, 15) is 4.79 Å². The Hall–Kier alpha value is -2.31. The van der Waals surface area contributed by atoms with Gasteiger partial charge in [0.2, 0.25) is 0 Å². The first-order valence-electron chi connectivity index (χ1n) is 7.96. The lowest BCUT2D eigenvalue weighted by Crippen LogP contribution is -2.37. The number of thiophene rings is 1. The van der Waals surface area contributed by atoms with Crippen LogP contribution in [0.15, 0.2) is 47.8 Å². The van der Waals surface area contributed by atoms with Crippen LogP contribution in [0.25, 0.3) is 10.6 Å². The van der Waals surface area contributed by atoms with E-state index in [2.05, 4.69) is 27.9 Å². The second-order valence-corrected chi connectivity index (χ2v) is 6.99. The minimum Gasteiger partial charge on any atom is -0.336 e. The monoisotopic (exact) mass is 374 g/mol. The summed E-state index contributed by atoms with van der Waals surface area (Å²) in [6, 6.07) is 13.3. The molecule has 5 nitrogen and oxygen atoms in total. The molecule has 0 aliphatic heterocycles. The number of aromatic nitrogens is 2. The molecule has 0 aliphatic carbocycles. The average Bonchev–Trinajstić information content (AvgIpc) is 3.25. The number of nitrogens with one attached hydrogen (secondary N) is 2. The van der Waals surface area contributed by atoms with E-state index in [-0.39, 0.29) is 6.03 Å². The highest BCUT2D eigenvalue weighted by Gasteiger charge is 2.07. The zero-order valence-corrected chi connectivity index (χ0v) is 15.4. The van der Waals surface area contributed by atoms with Crippen LogP contribution in [-0.2, 0) is 13.1 Å². The van der Waals surface area contributed by atoms with Crippen molar-refractivity contribution >= 4 is 29.0 Å². The van der Waals surface area contributed by atoms with Crippen molar-refractivity contribution in [1.82, 2.24) is 20.4 Å². The van der Waals surface area contributed by atoms with E-state index in [1.807, 2.05) is 47.3 Å². The molecule has 3 rings (SSSR count). The number of hydrogen-bond acceptors (Lipinski definition) is 3. The predicted octanol–water partition coefficient (Wildman–Crippen LogP) is 4.07. The Bertz CT molecular complexity index is 827. The number of nitrogens with zero attached hydrogens (tertiary/aromatic N) is 2. The molecule has 0 aliphatic rings. The molecule has 0 bridgehead atoms. The van der Waals surface area contributed by atoms with Crippen molar-refractivity contribution in [2.75, 3.05) is 6.54 Å². The molecule has 0 spiro atoms. The van der Waals surface area contributed by atoms with Crippen LogP contribution >= 0.6 is 22.9 Å². The van der Waals surface area contributed by atoms with Crippen molar-refractivity contribution in [3.8, 4) is 10.6 Å². The summed E-state index contributed by atoms with van der Waals surface area (Å²) in [7, 11) is 0. The first-order valence-corrected chi connectivity index (χ1v) is 9.22. The molecule has 0 unspecified atom stereocenters. The highest BCUT2D eigenvalue weighted by Crippen LogP contribution is 2.23. The van der Waals surface area contributed by atoms with Crippen LogP contribution in [0.3, 0.4) is 0 Å². The van der Waals surface area contributed by atoms with Gasteiger partial charge in [0.25, 0.3) is 0 Å². The molecule has 2 aromatic heterocycles. The van der Waals surface area contributed by atoms with Crippen molar-refractivity contribution in [2.24, 2.45) is 0 Å². The van der Waals surface area contributed by atoms with Crippen LogP contribution in [-0.4, -0.2) is 22.4 Å². The quantitative estimate of drug-likeness (QED) is 0.683. The number of halogens is 1. The number of aryl methyl sites for hydroxylation is 1. The van der Waals surface area contributed by atoms with Crippen molar-refractivity contribution in [3.63, 3.8) is 0 Å². The van der Waals surface area contributed by atoms with E-state index < -0.39 is 0 Å². The third kappa shape index (κ3) is 4.84. The Morgan fingerprint density at radius 2 is 2.04 bits per heavy atom. The molecular formula is C18H19ClN4OS. The average molecular weight is 375 g/mol. The van der Waals surface area contributed by atoms with Gasteiger partial charge in [-0.3, -0.25) is 4.68 Å². The van der Waals surface area contributed by atoms with E-state index in [0.29, 0.717) is 24.7 Å². The molecule has 0 atom stereocenters. The summed E-state index contributed by atoms with van der Waals surface area (Å²) >= 11 is 7.51. The highest BCUT2D eigenvalue weighted by molar-refractivity contribution is 7.13. The minimum atomic E-state index is -0.196. The maximum absolute atomic E-state index is 11.9. The van der Waals surface area contributed by atoms with Gasteiger partial charge in [-0.2, -0.15) is 5.10 Å². The van der Waals surface area contributed by atoms with Crippen LogP contribution < -0.4 is 10.6 Å². The largest absolute Gasteiger partial charge is 0.336 e. The smallest absolute Gasteiger partial charge is 0.315 e. The first kappa shape index (κ1) is 17.5. The maximum atomic E-state index is 11.9. The van der Waals surface area contributed by atoms with Gasteiger partial charge in [0, 0.05) is 23.8 Å². The number of rotatable bonds is 6. The third-order valence-corrected chi connectivity index (χ3v) is 4.87. The van der Waals surface area contributed by atoms with Gasteiger partial charge in [0.1, 0.15) is 5.69 Å². The standard InChI is InChI=1S/C18H19ClN4OS/c1-13-11-16(17-3-2-10-25-17)22-23(13)9-8-20-18(24)21-12-14-4-6-15(19)7-5-14/h2-7,10-11H,8-9,12H2,1H3,(H2,20,21,24). The van der Waals surface area contributed by atoms with Crippen molar-refractivity contribution in [3.05, 3.63) is 64.1 Å². The molecule has 0 saturated heterocycles. The SMILES string of the molecule is Cc1cc(-c2cccs2)nn1CCNC(=O)NCc1ccc(Cl)cc1. The van der Waals surface area contributed by atoms with Gasteiger partial charge in [0.15, 0.2) is 0 Å². The Morgan fingerprint density at radius 1 is 1.24 bits per heavy atom. The van der Waals surface area contributed by atoms with Gasteiger partial charge in [0.05, 0.1) is 11.4 Å². The summed E-state index contributed by atoms with van der Waals surface area (Å²) in [6.45, 7) is 3.63. The Kier molecular flexibility index (Phi) is 5.73. The van der Waals surface area contributed by atoms with Crippen LogP contribution in [0.4, 0.5) is 4.79 Å². The summed E-state index contributed by atoms with van der Waals surface area (Å²) < 4.78 is 1.91. The topological polar surface area (TPSA) is 59.0 Å². The van der Waals surface area contributed by atoms with Gasteiger partial charge < -0.3 is 10.6 Å². The lowest BCUT2D eigenvalue weighted by atomic mass is 10.2. The number of amides is 2. The summed E-state index contributed by atoms with van der Waals surface area (Å²) in [4.78, 5) is 13.0. The van der Waals surface area contributed by atoms with Gasteiger partial charge in [-0.05, 0) is 42.1 Å². The summed E-state index contributed by atoms with van der Waals surface area (Å²) in [5.41, 5.74) is 3.05. The van der Waals surface area contributed by atoms with Crippen LogP contribution in [0, 0.1) is 6.92 Å². The molecule has 2 N–H and O–H groups in total. The third-order valence-electron chi connectivity index (χ3n) is 3.73. The fraction of sp³-hybridized carbons (Fsp3) is 0.222. The van der Waals surface area contributed by atoms with E-state index in [1.165, 1.54) is 0 Å². The molecule has 0 fully saturated rings. The number of benzene rings is 1. The minimum absolute atomic E-state index is 0.196. The maximum Gasteiger partial charge on any atom is 0.315 e. The second-order valence-electron chi connectivity index (χ2n) is 5.61.